The number of unbranched alkanes of at least 4 members (excludes halogenated alkanes) is 16. The quantitative estimate of drug-likeness (QED) is 0.0349. The highest BCUT2D eigenvalue weighted by Crippen LogP contribution is 2.18. The predicted octanol–water partition coefficient (Wildman–Crippen LogP) is 9.36. The zero-order chi connectivity index (χ0) is 36.8. The average Bonchev–Trinajstić information content (AvgIpc) is 2.95. The molecular formula is C38H80N2O6S. The van der Waals surface area contributed by atoms with E-state index in [1.165, 1.54) is 103 Å². The first-order valence-corrected chi connectivity index (χ1v) is 20.5. The zero-order valence-corrected chi connectivity index (χ0v) is 33.7. The third-order valence-corrected chi connectivity index (χ3v) is 8.79. The van der Waals surface area contributed by atoms with Crippen LogP contribution in [0, 0.1) is 0 Å². The van der Waals surface area contributed by atoms with Crippen molar-refractivity contribution in [2.24, 2.45) is 0 Å². The molecule has 0 radical (unpaired) electrons. The number of rotatable bonds is 28. The van der Waals surface area contributed by atoms with Crippen LogP contribution in [-0.2, 0) is 20.0 Å². The number of hydrogen-bond donors (Lipinski definition) is 0. The number of carbonyl (C=O) groups is 2. The topological polar surface area (TPSA) is 114 Å². The van der Waals surface area contributed by atoms with E-state index in [1.54, 1.807) is 0 Å². The van der Waals surface area contributed by atoms with Gasteiger partial charge in [-0.05, 0) is 12.8 Å². The van der Waals surface area contributed by atoms with Crippen molar-refractivity contribution in [3.8, 4) is 0 Å². The number of Topliss-reactive ketones (excluding diaryl/α,β-unsaturated/α-hetero) is 2. The van der Waals surface area contributed by atoms with Crippen LogP contribution in [0.25, 0.3) is 0 Å². The first-order valence-electron chi connectivity index (χ1n) is 19.2. The first kappa shape index (κ1) is 50.5. The number of ketones is 2. The number of carbonyl (C=O) groups excluding carboxylic acids is 2. The summed E-state index contributed by atoms with van der Waals surface area (Å²) in [6.45, 7) is 8.88. The Morgan fingerprint density at radius 3 is 0.851 bits per heavy atom. The van der Waals surface area contributed by atoms with Crippen LogP contribution in [0.1, 0.15) is 182 Å². The Morgan fingerprint density at radius 1 is 0.447 bits per heavy atom. The molecule has 0 aliphatic rings. The van der Waals surface area contributed by atoms with E-state index in [4.69, 9.17) is 17.5 Å². The SMILES string of the molecule is CCCCCCCCCCCC(=O)C(CCC)[N+](C)(C)C.CCCCCCCCCCCC(=O)C(CCC)[N+](C)(C)C.O=S(=O)([O-])[O-]. The molecule has 0 rings (SSSR count). The van der Waals surface area contributed by atoms with E-state index in [1.807, 2.05) is 0 Å². The van der Waals surface area contributed by atoms with Crippen molar-refractivity contribution in [2.45, 2.75) is 194 Å². The molecule has 0 amide bonds. The second kappa shape index (κ2) is 31.1. The lowest BCUT2D eigenvalue weighted by Crippen LogP contribution is -2.49. The van der Waals surface area contributed by atoms with E-state index in [-0.39, 0.29) is 12.1 Å². The van der Waals surface area contributed by atoms with Crippen molar-refractivity contribution in [1.29, 1.82) is 0 Å². The lowest BCUT2D eigenvalue weighted by atomic mass is 9.98. The van der Waals surface area contributed by atoms with Gasteiger partial charge in [0.2, 0.25) is 0 Å². The number of hydrogen-bond acceptors (Lipinski definition) is 6. The summed E-state index contributed by atoms with van der Waals surface area (Å²) in [5.41, 5.74) is 0. The third-order valence-electron chi connectivity index (χ3n) is 8.79. The third kappa shape index (κ3) is 37.8. The van der Waals surface area contributed by atoms with Gasteiger partial charge in [0.15, 0.2) is 11.6 Å². The van der Waals surface area contributed by atoms with Crippen molar-refractivity contribution in [1.82, 2.24) is 0 Å². The molecule has 0 spiro atoms. The van der Waals surface area contributed by atoms with E-state index in [0.717, 1.165) is 60.3 Å². The monoisotopic (exact) mass is 693 g/mol. The summed E-state index contributed by atoms with van der Waals surface area (Å²) in [5.74, 6) is 0.958. The highest BCUT2D eigenvalue weighted by Gasteiger charge is 2.30. The Morgan fingerprint density at radius 2 is 0.660 bits per heavy atom. The smallest absolute Gasteiger partial charge is 0.189 e. The molecule has 2 unspecified atom stereocenters. The van der Waals surface area contributed by atoms with Crippen molar-refractivity contribution in [3.63, 3.8) is 0 Å². The molecule has 0 aliphatic heterocycles. The van der Waals surface area contributed by atoms with Gasteiger partial charge in [-0.3, -0.25) is 18.0 Å². The Kier molecular flexibility index (Phi) is 33.5. The molecule has 0 fully saturated rings. The molecule has 0 aliphatic carbocycles. The van der Waals surface area contributed by atoms with Gasteiger partial charge in [0.25, 0.3) is 0 Å². The first-order chi connectivity index (χ1) is 21.9. The summed E-state index contributed by atoms with van der Waals surface area (Å²) in [6, 6.07) is 0.396. The Bertz CT molecular complexity index is 772. The van der Waals surface area contributed by atoms with Gasteiger partial charge >= 0.3 is 0 Å². The average molecular weight is 693 g/mol. The summed E-state index contributed by atoms with van der Waals surface area (Å²) in [6.07, 6.45) is 29.6. The summed E-state index contributed by atoms with van der Waals surface area (Å²) in [7, 11) is 7.72. The standard InChI is InChI=1S/2C19H40NO.H2O4S/c2*1-6-8-9-10-11-12-13-14-15-17-19(21)18(16-7-2)20(3,4)5;1-5(2,3)4/h2*18H,6-17H2,1-5H3;(H2,1,2,3,4)/q2*+1;/p-2. The second-order valence-electron chi connectivity index (χ2n) is 15.3. The van der Waals surface area contributed by atoms with Crippen molar-refractivity contribution in [2.75, 3.05) is 42.3 Å². The van der Waals surface area contributed by atoms with Crippen molar-refractivity contribution in [3.05, 3.63) is 0 Å². The van der Waals surface area contributed by atoms with Gasteiger partial charge in [0, 0.05) is 36.1 Å². The van der Waals surface area contributed by atoms with Crippen LogP contribution >= 0.6 is 0 Å². The molecule has 2 atom stereocenters. The zero-order valence-electron chi connectivity index (χ0n) is 32.9. The van der Waals surface area contributed by atoms with Crippen molar-refractivity contribution < 1.29 is 36.1 Å². The minimum atomic E-state index is -5.17. The maximum Gasteiger partial charge on any atom is 0.189 e. The minimum absolute atomic E-state index is 0.198. The van der Waals surface area contributed by atoms with Crippen LogP contribution < -0.4 is 0 Å². The van der Waals surface area contributed by atoms with E-state index >= 15 is 0 Å². The molecule has 284 valence electrons. The predicted molar refractivity (Wildman–Crippen MR) is 198 cm³/mol. The normalized spacial score (nSPS) is 13.2. The van der Waals surface area contributed by atoms with Crippen LogP contribution in [0.15, 0.2) is 0 Å². The fourth-order valence-electron chi connectivity index (χ4n) is 6.06. The van der Waals surface area contributed by atoms with Crippen LogP contribution in [-0.4, -0.2) is 92.4 Å². The van der Waals surface area contributed by atoms with Crippen molar-refractivity contribution >= 4 is 22.0 Å². The van der Waals surface area contributed by atoms with E-state index in [0.29, 0.717) is 11.6 Å². The van der Waals surface area contributed by atoms with Gasteiger partial charge in [-0.15, -0.1) is 0 Å². The molecule has 0 heterocycles. The summed E-state index contributed by atoms with van der Waals surface area (Å²) >= 11 is 0. The van der Waals surface area contributed by atoms with Gasteiger partial charge in [-0.25, -0.2) is 0 Å². The molecule has 0 saturated carbocycles. The van der Waals surface area contributed by atoms with Gasteiger partial charge in [-0.2, -0.15) is 0 Å². The largest absolute Gasteiger partial charge is 0.759 e. The molecule has 0 bridgehead atoms. The van der Waals surface area contributed by atoms with Gasteiger partial charge in [0.05, 0.1) is 42.3 Å². The van der Waals surface area contributed by atoms with Gasteiger partial charge in [0.1, 0.15) is 12.1 Å². The summed E-state index contributed by atoms with van der Waals surface area (Å²) in [5, 5.41) is 0. The van der Waals surface area contributed by atoms with Crippen LogP contribution in [0.4, 0.5) is 0 Å². The molecule has 0 aromatic carbocycles. The highest BCUT2D eigenvalue weighted by molar-refractivity contribution is 7.79. The Hall–Kier alpha value is -0.870. The van der Waals surface area contributed by atoms with E-state index in [2.05, 4.69) is 70.0 Å². The molecular weight excluding hydrogens is 612 g/mol. The maximum atomic E-state index is 12.4. The number of quaternary nitrogens is 2. The highest BCUT2D eigenvalue weighted by atomic mass is 32.3. The molecule has 0 N–H and O–H groups in total. The lowest BCUT2D eigenvalue weighted by molar-refractivity contribution is -0.886. The number of nitrogens with zero attached hydrogens (tertiary/aromatic N) is 2. The van der Waals surface area contributed by atoms with E-state index < -0.39 is 10.4 Å². The second-order valence-corrected chi connectivity index (χ2v) is 16.2. The molecule has 0 saturated heterocycles. The Balaban J connectivity index is -0.000000719. The maximum absolute atomic E-state index is 12.4. The van der Waals surface area contributed by atoms with Gasteiger partial charge in [-0.1, -0.05) is 143 Å². The summed E-state index contributed by atoms with van der Waals surface area (Å²) < 4.78 is 35.6. The fraction of sp³-hybridized carbons (Fsp3) is 0.947. The lowest BCUT2D eigenvalue weighted by Gasteiger charge is -2.33. The van der Waals surface area contributed by atoms with Gasteiger partial charge < -0.3 is 18.1 Å². The molecule has 0 aromatic rings. The van der Waals surface area contributed by atoms with Crippen LogP contribution in [0.2, 0.25) is 0 Å². The fourth-order valence-corrected chi connectivity index (χ4v) is 6.06. The molecule has 8 nitrogen and oxygen atoms in total. The molecule has 47 heavy (non-hydrogen) atoms. The van der Waals surface area contributed by atoms with Crippen LogP contribution in [0.3, 0.4) is 0 Å². The summed E-state index contributed by atoms with van der Waals surface area (Å²) in [4.78, 5) is 24.7. The van der Waals surface area contributed by atoms with Crippen LogP contribution in [0.5, 0.6) is 0 Å². The molecule has 9 heteroatoms. The number of likely N-dealkylation sites (N-methyl/N-ethyl adjacent to an activating group) is 2. The Labute approximate surface area is 293 Å². The van der Waals surface area contributed by atoms with E-state index in [9.17, 15) is 9.59 Å². The minimum Gasteiger partial charge on any atom is -0.759 e. The molecule has 0 aromatic heterocycles.